The summed E-state index contributed by atoms with van der Waals surface area (Å²) in [6.45, 7) is 1.87. The second-order valence-corrected chi connectivity index (χ2v) is 4.26. The predicted molar refractivity (Wildman–Crippen MR) is 58.1 cm³/mol. The molecule has 2 rings (SSSR count). The average Bonchev–Trinajstić information content (AvgIpc) is 2.21. The lowest BCUT2D eigenvalue weighted by molar-refractivity contribution is -0.138. The van der Waals surface area contributed by atoms with E-state index in [1.54, 1.807) is 0 Å². The van der Waals surface area contributed by atoms with Gasteiger partial charge < -0.3 is 10.1 Å². The SMILES string of the molecule is COc1cc(CC2CNC2)ccc1C(F)(F)F. The van der Waals surface area contributed by atoms with Gasteiger partial charge in [0.2, 0.25) is 0 Å². The van der Waals surface area contributed by atoms with Crippen LogP contribution < -0.4 is 10.1 Å². The molecule has 1 heterocycles. The van der Waals surface area contributed by atoms with E-state index in [1.165, 1.54) is 19.2 Å². The van der Waals surface area contributed by atoms with Gasteiger partial charge >= 0.3 is 6.18 Å². The Morgan fingerprint density at radius 2 is 2.06 bits per heavy atom. The number of methoxy groups -OCH3 is 1. The van der Waals surface area contributed by atoms with Crippen molar-refractivity contribution in [2.45, 2.75) is 12.6 Å². The van der Waals surface area contributed by atoms with Crippen LogP contribution in [-0.4, -0.2) is 20.2 Å². The lowest BCUT2D eigenvalue weighted by atomic mass is 9.93. The van der Waals surface area contributed by atoms with Gasteiger partial charge in [0, 0.05) is 0 Å². The molecule has 0 amide bonds. The van der Waals surface area contributed by atoms with Crippen LogP contribution in [0, 0.1) is 5.92 Å². The standard InChI is InChI=1S/C12H14F3NO/c1-17-11-5-8(4-9-6-16-7-9)2-3-10(11)12(13,14)15/h2-3,5,9,16H,4,6-7H2,1H3. The molecule has 1 aromatic rings. The van der Waals surface area contributed by atoms with Gasteiger partial charge in [-0.1, -0.05) is 6.07 Å². The molecule has 1 aliphatic heterocycles. The molecule has 1 aromatic carbocycles. The summed E-state index contributed by atoms with van der Waals surface area (Å²) in [5, 5.41) is 3.13. The molecular formula is C12H14F3NO. The fourth-order valence-corrected chi connectivity index (χ4v) is 1.92. The Kier molecular flexibility index (Phi) is 3.28. The molecule has 5 heteroatoms. The molecule has 17 heavy (non-hydrogen) atoms. The fourth-order valence-electron chi connectivity index (χ4n) is 1.92. The van der Waals surface area contributed by atoms with Crippen molar-refractivity contribution >= 4 is 0 Å². The summed E-state index contributed by atoms with van der Waals surface area (Å²) >= 11 is 0. The third-order valence-electron chi connectivity index (χ3n) is 2.96. The van der Waals surface area contributed by atoms with Crippen molar-refractivity contribution in [3.8, 4) is 5.75 Å². The number of ether oxygens (including phenoxy) is 1. The van der Waals surface area contributed by atoms with Crippen molar-refractivity contribution < 1.29 is 17.9 Å². The van der Waals surface area contributed by atoms with Crippen molar-refractivity contribution in [1.82, 2.24) is 5.32 Å². The summed E-state index contributed by atoms with van der Waals surface area (Å²) in [5.41, 5.74) is 0.178. The van der Waals surface area contributed by atoms with Gasteiger partial charge in [0.05, 0.1) is 12.7 Å². The lowest BCUT2D eigenvalue weighted by Crippen LogP contribution is -2.43. The van der Waals surface area contributed by atoms with Crippen molar-refractivity contribution in [3.05, 3.63) is 29.3 Å². The number of benzene rings is 1. The number of hydrogen-bond donors (Lipinski definition) is 1. The van der Waals surface area contributed by atoms with Crippen molar-refractivity contribution in [3.63, 3.8) is 0 Å². The Hall–Kier alpha value is -1.23. The highest BCUT2D eigenvalue weighted by molar-refractivity contribution is 5.39. The molecule has 2 nitrogen and oxygen atoms in total. The van der Waals surface area contributed by atoms with Crippen molar-refractivity contribution in [2.75, 3.05) is 20.2 Å². The average molecular weight is 245 g/mol. The third kappa shape index (κ3) is 2.72. The Balaban J connectivity index is 2.20. The Morgan fingerprint density at radius 3 is 2.53 bits per heavy atom. The van der Waals surface area contributed by atoms with Crippen LogP contribution in [0.25, 0.3) is 0 Å². The van der Waals surface area contributed by atoms with Gasteiger partial charge in [0.1, 0.15) is 5.75 Å². The predicted octanol–water partition coefficient (Wildman–Crippen LogP) is 2.48. The maximum absolute atomic E-state index is 12.6. The van der Waals surface area contributed by atoms with Gasteiger partial charge in [0.15, 0.2) is 0 Å². The van der Waals surface area contributed by atoms with E-state index >= 15 is 0 Å². The summed E-state index contributed by atoms with van der Waals surface area (Å²) in [5.74, 6) is 0.429. The minimum Gasteiger partial charge on any atom is -0.496 e. The Morgan fingerprint density at radius 1 is 1.35 bits per heavy atom. The fraction of sp³-hybridized carbons (Fsp3) is 0.500. The van der Waals surface area contributed by atoms with Crippen LogP contribution in [0.3, 0.4) is 0 Å². The molecule has 0 spiro atoms. The summed E-state index contributed by atoms with van der Waals surface area (Å²) in [6.07, 6.45) is -3.57. The summed E-state index contributed by atoms with van der Waals surface area (Å²) in [7, 11) is 1.26. The van der Waals surface area contributed by atoms with E-state index in [0.29, 0.717) is 5.92 Å². The maximum Gasteiger partial charge on any atom is 0.419 e. The molecule has 1 fully saturated rings. The van der Waals surface area contributed by atoms with E-state index in [4.69, 9.17) is 4.74 Å². The quantitative estimate of drug-likeness (QED) is 0.883. The van der Waals surface area contributed by atoms with Crippen LogP contribution >= 0.6 is 0 Å². The molecule has 0 radical (unpaired) electrons. The first kappa shape index (κ1) is 12.2. The zero-order chi connectivity index (χ0) is 12.5. The van der Waals surface area contributed by atoms with E-state index in [-0.39, 0.29) is 5.75 Å². The molecule has 0 aromatic heterocycles. The van der Waals surface area contributed by atoms with Gasteiger partial charge in [-0.3, -0.25) is 0 Å². The van der Waals surface area contributed by atoms with E-state index in [0.717, 1.165) is 31.1 Å². The van der Waals surface area contributed by atoms with E-state index in [9.17, 15) is 13.2 Å². The molecule has 0 aliphatic carbocycles. The van der Waals surface area contributed by atoms with Crippen molar-refractivity contribution in [1.29, 1.82) is 0 Å². The van der Waals surface area contributed by atoms with Gasteiger partial charge in [-0.2, -0.15) is 13.2 Å². The summed E-state index contributed by atoms with van der Waals surface area (Å²) in [6, 6.07) is 4.12. The number of nitrogens with one attached hydrogen (secondary N) is 1. The molecule has 94 valence electrons. The molecule has 1 aliphatic rings. The first-order valence-corrected chi connectivity index (χ1v) is 5.45. The minimum absolute atomic E-state index is 0.0951. The minimum atomic E-state index is -4.36. The van der Waals surface area contributed by atoms with Gasteiger partial charge in [-0.25, -0.2) is 0 Å². The number of rotatable bonds is 3. The number of halogens is 3. The van der Waals surface area contributed by atoms with Crippen LogP contribution in [0.2, 0.25) is 0 Å². The normalized spacial score (nSPS) is 16.7. The van der Waals surface area contributed by atoms with Gasteiger partial charge in [-0.15, -0.1) is 0 Å². The van der Waals surface area contributed by atoms with Gasteiger partial charge in [0.25, 0.3) is 0 Å². The summed E-state index contributed by atoms with van der Waals surface area (Å²) in [4.78, 5) is 0. The van der Waals surface area contributed by atoms with E-state index < -0.39 is 11.7 Å². The van der Waals surface area contributed by atoms with Crippen LogP contribution in [0.15, 0.2) is 18.2 Å². The van der Waals surface area contributed by atoms with Crippen LogP contribution in [-0.2, 0) is 12.6 Å². The first-order chi connectivity index (χ1) is 8.00. The highest BCUT2D eigenvalue weighted by atomic mass is 19.4. The zero-order valence-electron chi connectivity index (χ0n) is 9.47. The molecule has 0 saturated carbocycles. The molecule has 0 atom stereocenters. The monoisotopic (exact) mass is 245 g/mol. The van der Waals surface area contributed by atoms with Crippen LogP contribution in [0.4, 0.5) is 13.2 Å². The maximum atomic E-state index is 12.6. The van der Waals surface area contributed by atoms with E-state index in [2.05, 4.69) is 5.32 Å². The molecule has 0 bridgehead atoms. The number of hydrogen-bond acceptors (Lipinski definition) is 2. The molecule has 1 N–H and O–H groups in total. The highest BCUT2D eigenvalue weighted by Gasteiger charge is 2.34. The second kappa shape index (κ2) is 4.56. The topological polar surface area (TPSA) is 21.3 Å². The summed E-state index contributed by atoms with van der Waals surface area (Å²) < 4.78 is 42.7. The van der Waals surface area contributed by atoms with Crippen LogP contribution in [0.5, 0.6) is 5.75 Å². The molecule has 1 saturated heterocycles. The second-order valence-electron chi connectivity index (χ2n) is 4.26. The molecular weight excluding hydrogens is 231 g/mol. The Bertz CT molecular complexity index is 399. The zero-order valence-corrected chi connectivity index (χ0v) is 9.47. The van der Waals surface area contributed by atoms with Crippen molar-refractivity contribution in [2.24, 2.45) is 5.92 Å². The molecule has 0 unspecified atom stereocenters. The van der Waals surface area contributed by atoms with Gasteiger partial charge in [-0.05, 0) is 43.1 Å². The number of alkyl halides is 3. The third-order valence-corrected chi connectivity index (χ3v) is 2.96. The first-order valence-electron chi connectivity index (χ1n) is 5.45. The highest BCUT2D eigenvalue weighted by Crippen LogP contribution is 2.36. The smallest absolute Gasteiger partial charge is 0.419 e. The lowest BCUT2D eigenvalue weighted by Gasteiger charge is -2.27. The van der Waals surface area contributed by atoms with Crippen LogP contribution in [0.1, 0.15) is 11.1 Å². The van der Waals surface area contributed by atoms with E-state index in [1.807, 2.05) is 0 Å². The Labute approximate surface area is 97.8 Å². The largest absolute Gasteiger partial charge is 0.496 e.